The van der Waals surface area contributed by atoms with Crippen LogP contribution in [-0.4, -0.2) is 18.2 Å². The summed E-state index contributed by atoms with van der Waals surface area (Å²) >= 11 is 0. The Morgan fingerprint density at radius 1 is 1.26 bits per heavy atom. The maximum atomic E-state index is 11.5. The van der Waals surface area contributed by atoms with Crippen molar-refractivity contribution < 1.29 is 9.84 Å². The van der Waals surface area contributed by atoms with Crippen LogP contribution in [-0.2, 0) is 11.2 Å². The Balaban J connectivity index is 2.45. The topological polar surface area (TPSA) is 44.7 Å². The van der Waals surface area contributed by atoms with Crippen molar-refractivity contribution in [3.05, 3.63) is 35.4 Å². The van der Waals surface area contributed by atoms with Crippen LogP contribution in [0.25, 0.3) is 0 Å². The summed E-state index contributed by atoms with van der Waals surface area (Å²) in [6.45, 7) is 10.2. The Bertz CT molecular complexity index is 415. The van der Waals surface area contributed by atoms with E-state index in [0.717, 1.165) is 6.42 Å². The van der Waals surface area contributed by atoms with Crippen LogP contribution in [0.1, 0.15) is 38.8 Å². The summed E-state index contributed by atoms with van der Waals surface area (Å²) in [6, 6.07) is 8.46. The molecule has 0 radical (unpaired) electrons. The average Bonchev–Trinajstić information content (AvgIpc) is 2.27. The van der Waals surface area contributed by atoms with Crippen LogP contribution >= 0.6 is 0 Å². The summed E-state index contributed by atoms with van der Waals surface area (Å²) in [5, 5.41) is 11.5. The second-order valence-electron chi connectivity index (χ2n) is 6.12. The standard InChI is InChI=1S/C16H25NO2/c1-12-6-8-14(9-7-12)10-13(2)11-17-15(18)19-16(3,4)5/h6-9,13H,10-11H2,1-5H3,(H,17,18)/p-1. The average molecular weight is 262 g/mol. The minimum Gasteiger partial charge on any atom is -0.595 e. The first-order valence-corrected chi connectivity index (χ1v) is 6.72. The molecular weight excluding hydrogens is 238 g/mol. The van der Waals surface area contributed by atoms with Crippen LogP contribution in [0, 0.1) is 12.8 Å². The molecule has 1 unspecified atom stereocenters. The molecule has 1 rings (SSSR count). The van der Waals surface area contributed by atoms with Crippen molar-refractivity contribution in [1.82, 2.24) is 0 Å². The second kappa shape index (κ2) is 6.60. The molecule has 1 atom stereocenters. The van der Waals surface area contributed by atoms with Crippen molar-refractivity contribution in [3.8, 4) is 0 Å². The van der Waals surface area contributed by atoms with E-state index in [-0.39, 0.29) is 0 Å². The molecular formula is C16H24NO2-. The molecule has 1 aromatic rings. The molecule has 1 aromatic carbocycles. The van der Waals surface area contributed by atoms with E-state index in [4.69, 9.17) is 4.74 Å². The Morgan fingerprint density at radius 3 is 2.37 bits per heavy atom. The predicted octanol–water partition coefficient (Wildman–Crippen LogP) is 2.71. The number of ether oxygens (including phenoxy) is 1. The van der Waals surface area contributed by atoms with E-state index < -0.39 is 11.7 Å². The number of rotatable bonds is 4. The summed E-state index contributed by atoms with van der Waals surface area (Å²) in [5.41, 5.74) is 2.06. The fraction of sp³-hybridized carbons (Fsp3) is 0.562. The first-order valence-electron chi connectivity index (χ1n) is 6.72. The van der Waals surface area contributed by atoms with Gasteiger partial charge in [0.05, 0.1) is 0 Å². The quantitative estimate of drug-likeness (QED) is 0.618. The third-order valence-corrected chi connectivity index (χ3v) is 2.63. The SMILES string of the molecule is Cc1ccc(CC(C)CN=C([O-])OC(C)(C)C)cc1. The Kier molecular flexibility index (Phi) is 5.40. The summed E-state index contributed by atoms with van der Waals surface area (Å²) < 4.78 is 5.15. The summed E-state index contributed by atoms with van der Waals surface area (Å²) in [6.07, 6.45) is 0.454. The van der Waals surface area contributed by atoms with Crippen LogP contribution in [0.2, 0.25) is 0 Å². The molecule has 106 valence electrons. The van der Waals surface area contributed by atoms with Crippen LogP contribution in [0.4, 0.5) is 0 Å². The zero-order valence-corrected chi connectivity index (χ0v) is 12.6. The first-order chi connectivity index (χ1) is 8.76. The van der Waals surface area contributed by atoms with Crippen molar-refractivity contribution in [2.45, 2.75) is 46.6 Å². The van der Waals surface area contributed by atoms with Gasteiger partial charge in [-0.25, -0.2) is 0 Å². The highest BCUT2D eigenvalue weighted by Gasteiger charge is 2.06. The number of hydrogen-bond acceptors (Lipinski definition) is 3. The second-order valence-corrected chi connectivity index (χ2v) is 6.12. The lowest BCUT2D eigenvalue weighted by Gasteiger charge is -2.29. The molecule has 0 aromatic heterocycles. The summed E-state index contributed by atoms with van der Waals surface area (Å²) in [7, 11) is 0. The van der Waals surface area contributed by atoms with E-state index in [9.17, 15) is 5.11 Å². The lowest BCUT2D eigenvalue weighted by Crippen LogP contribution is -2.32. The van der Waals surface area contributed by atoms with Crippen molar-refractivity contribution in [2.75, 3.05) is 6.54 Å². The molecule has 0 spiro atoms. The predicted molar refractivity (Wildman–Crippen MR) is 77.2 cm³/mol. The van der Waals surface area contributed by atoms with Gasteiger partial charge in [0.25, 0.3) is 0 Å². The van der Waals surface area contributed by atoms with Gasteiger partial charge in [0, 0.05) is 12.1 Å². The molecule has 0 aliphatic rings. The number of hydrogen-bond donors (Lipinski definition) is 0. The van der Waals surface area contributed by atoms with Crippen LogP contribution in [0.5, 0.6) is 0 Å². The van der Waals surface area contributed by atoms with Crippen molar-refractivity contribution >= 4 is 6.08 Å². The molecule has 19 heavy (non-hydrogen) atoms. The first kappa shape index (κ1) is 15.5. The maximum absolute atomic E-state index is 11.5. The number of aliphatic imine (C=N–C) groups is 1. The van der Waals surface area contributed by atoms with Gasteiger partial charge in [-0.15, -0.1) is 0 Å². The lowest BCUT2D eigenvalue weighted by atomic mass is 10.0. The van der Waals surface area contributed by atoms with Gasteiger partial charge in [0.1, 0.15) is 6.08 Å². The van der Waals surface area contributed by atoms with E-state index in [0.29, 0.717) is 12.5 Å². The van der Waals surface area contributed by atoms with Gasteiger partial charge in [-0.1, -0.05) is 57.5 Å². The van der Waals surface area contributed by atoms with Crippen molar-refractivity contribution in [3.63, 3.8) is 0 Å². The highest BCUT2D eigenvalue weighted by molar-refractivity contribution is 5.62. The van der Waals surface area contributed by atoms with E-state index in [2.05, 4.69) is 43.1 Å². The molecule has 0 fully saturated rings. The van der Waals surface area contributed by atoms with Crippen molar-refractivity contribution in [1.29, 1.82) is 0 Å². The normalized spacial score (nSPS) is 14.3. The molecule has 0 amide bonds. The van der Waals surface area contributed by atoms with E-state index >= 15 is 0 Å². The molecule has 3 nitrogen and oxygen atoms in total. The molecule has 0 aliphatic carbocycles. The highest BCUT2D eigenvalue weighted by Crippen LogP contribution is 2.11. The highest BCUT2D eigenvalue weighted by atomic mass is 16.6. The van der Waals surface area contributed by atoms with Crippen LogP contribution in [0.3, 0.4) is 0 Å². The molecule has 0 saturated carbocycles. The minimum absolute atomic E-state index is 0.329. The van der Waals surface area contributed by atoms with Gasteiger partial charge < -0.3 is 9.84 Å². The van der Waals surface area contributed by atoms with Gasteiger partial charge in [0.15, 0.2) is 0 Å². The fourth-order valence-corrected chi connectivity index (χ4v) is 1.72. The maximum Gasteiger partial charge on any atom is 0.145 e. The van der Waals surface area contributed by atoms with Crippen LogP contribution < -0.4 is 5.11 Å². The van der Waals surface area contributed by atoms with Gasteiger partial charge in [-0.3, -0.25) is 4.99 Å². The molecule has 0 saturated heterocycles. The van der Waals surface area contributed by atoms with Gasteiger partial charge >= 0.3 is 0 Å². The lowest BCUT2D eigenvalue weighted by molar-refractivity contribution is -0.260. The summed E-state index contributed by atoms with van der Waals surface area (Å²) in [5.74, 6) is 0.329. The van der Waals surface area contributed by atoms with E-state index in [1.165, 1.54) is 11.1 Å². The zero-order chi connectivity index (χ0) is 14.5. The Morgan fingerprint density at radius 2 is 1.84 bits per heavy atom. The molecule has 0 aliphatic heterocycles. The van der Waals surface area contributed by atoms with Crippen LogP contribution in [0.15, 0.2) is 29.3 Å². The van der Waals surface area contributed by atoms with E-state index in [1.807, 2.05) is 20.8 Å². The fourth-order valence-electron chi connectivity index (χ4n) is 1.72. The monoisotopic (exact) mass is 262 g/mol. The smallest absolute Gasteiger partial charge is 0.145 e. The van der Waals surface area contributed by atoms with Gasteiger partial charge in [0.2, 0.25) is 0 Å². The number of nitrogens with zero attached hydrogens (tertiary/aromatic N) is 1. The Hall–Kier alpha value is -1.51. The molecule has 0 bridgehead atoms. The van der Waals surface area contributed by atoms with Gasteiger partial charge in [-0.05, 0) is 24.8 Å². The third kappa shape index (κ3) is 6.85. The largest absolute Gasteiger partial charge is 0.595 e. The molecule has 0 heterocycles. The molecule has 0 N–H and O–H groups in total. The zero-order valence-electron chi connectivity index (χ0n) is 12.6. The van der Waals surface area contributed by atoms with E-state index in [1.54, 1.807) is 0 Å². The number of benzene rings is 1. The van der Waals surface area contributed by atoms with Gasteiger partial charge in [-0.2, -0.15) is 0 Å². The number of aryl methyl sites for hydroxylation is 1. The summed E-state index contributed by atoms with van der Waals surface area (Å²) in [4.78, 5) is 3.96. The third-order valence-electron chi connectivity index (χ3n) is 2.63. The van der Waals surface area contributed by atoms with Crippen molar-refractivity contribution in [2.24, 2.45) is 10.9 Å². The molecule has 3 heteroatoms. The Labute approximate surface area is 116 Å². The minimum atomic E-state index is -0.471.